The number of hydrogen-bond donors (Lipinski definition) is 0. The highest BCUT2D eigenvalue weighted by Crippen LogP contribution is 2.26. The Kier molecular flexibility index (Phi) is 5.58. The van der Waals surface area contributed by atoms with Gasteiger partial charge < -0.3 is 9.64 Å². The van der Waals surface area contributed by atoms with Gasteiger partial charge in [-0.3, -0.25) is 9.59 Å². The predicted octanol–water partition coefficient (Wildman–Crippen LogP) is 2.87. The summed E-state index contributed by atoms with van der Waals surface area (Å²) in [7, 11) is 0. The van der Waals surface area contributed by atoms with Crippen molar-refractivity contribution in [2.24, 2.45) is 17.8 Å². The quantitative estimate of drug-likeness (QED) is 0.786. The molecule has 0 bridgehead atoms. The van der Waals surface area contributed by atoms with E-state index in [-0.39, 0.29) is 29.6 Å². The normalized spacial score (nSPS) is 19.3. The molecule has 1 amide bonds. The van der Waals surface area contributed by atoms with Gasteiger partial charge in [0, 0.05) is 19.0 Å². The van der Waals surface area contributed by atoms with Gasteiger partial charge in [0.15, 0.2) is 0 Å². The van der Waals surface area contributed by atoms with Gasteiger partial charge in [0.25, 0.3) is 0 Å². The molecule has 1 aliphatic heterocycles. The fourth-order valence-corrected chi connectivity index (χ4v) is 2.81. The smallest absolute Gasteiger partial charge is 0.309 e. The van der Waals surface area contributed by atoms with Gasteiger partial charge in [0.1, 0.15) is 6.61 Å². The van der Waals surface area contributed by atoms with E-state index in [0.29, 0.717) is 13.2 Å². The molecule has 1 aromatic carbocycles. The molecule has 0 spiro atoms. The highest BCUT2D eigenvalue weighted by Gasteiger charge is 2.34. The van der Waals surface area contributed by atoms with Crippen molar-refractivity contribution in [3.63, 3.8) is 0 Å². The first-order valence-corrected chi connectivity index (χ1v) is 7.98. The molecule has 0 aliphatic carbocycles. The van der Waals surface area contributed by atoms with Crippen molar-refractivity contribution in [2.45, 2.75) is 33.8 Å². The minimum Gasteiger partial charge on any atom is -0.461 e. The number of nitrogens with zero attached hydrogens (tertiary/aromatic N) is 1. The summed E-state index contributed by atoms with van der Waals surface area (Å²) in [5, 5.41) is 0. The Morgan fingerprint density at radius 1 is 1.23 bits per heavy atom. The number of amides is 1. The summed E-state index contributed by atoms with van der Waals surface area (Å²) in [6.07, 6.45) is 0.875. The number of rotatable bonds is 5. The number of esters is 1. The maximum atomic E-state index is 12.2. The summed E-state index contributed by atoms with van der Waals surface area (Å²) < 4.78 is 5.40. The van der Waals surface area contributed by atoms with Gasteiger partial charge in [-0.15, -0.1) is 0 Å². The summed E-state index contributed by atoms with van der Waals surface area (Å²) in [4.78, 5) is 26.1. The van der Waals surface area contributed by atoms with Crippen molar-refractivity contribution < 1.29 is 14.3 Å². The van der Waals surface area contributed by atoms with Crippen LogP contribution in [0.5, 0.6) is 0 Å². The third kappa shape index (κ3) is 4.09. The van der Waals surface area contributed by atoms with Gasteiger partial charge in [-0.05, 0) is 17.9 Å². The van der Waals surface area contributed by atoms with Gasteiger partial charge in [-0.2, -0.15) is 0 Å². The molecule has 2 atom stereocenters. The molecule has 1 saturated heterocycles. The molecule has 22 heavy (non-hydrogen) atoms. The standard InChI is InChI=1S/C18H25NO3/c1-13(2)17(20)19-10-9-16(11-19)14(3)18(21)22-12-15-7-5-4-6-8-15/h4-8,13-14,16H,9-12H2,1-3H3/t14?,16-/m1/s1. The molecule has 2 rings (SSSR count). The van der Waals surface area contributed by atoms with Gasteiger partial charge in [-0.25, -0.2) is 0 Å². The zero-order valence-electron chi connectivity index (χ0n) is 13.6. The molecule has 1 aromatic rings. The monoisotopic (exact) mass is 303 g/mol. The first-order chi connectivity index (χ1) is 10.5. The number of benzene rings is 1. The second-order valence-electron chi connectivity index (χ2n) is 6.37. The van der Waals surface area contributed by atoms with Gasteiger partial charge in [-0.1, -0.05) is 51.1 Å². The highest BCUT2D eigenvalue weighted by molar-refractivity contribution is 5.78. The van der Waals surface area contributed by atoms with Crippen molar-refractivity contribution in [3.8, 4) is 0 Å². The Morgan fingerprint density at radius 2 is 1.91 bits per heavy atom. The first kappa shape index (κ1) is 16.5. The average Bonchev–Trinajstić information content (AvgIpc) is 3.01. The zero-order valence-corrected chi connectivity index (χ0v) is 13.6. The van der Waals surface area contributed by atoms with Crippen LogP contribution < -0.4 is 0 Å². The SMILES string of the molecule is CC(C)C(=O)N1CC[C@@H](C(C)C(=O)OCc2ccccc2)C1. The number of likely N-dealkylation sites (tertiary alicyclic amines) is 1. The Bertz CT molecular complexity index is 512. The molecule has 1 unspecified atom stereocenters. The molecule has 4 heteroatoms. The van der Waals surface area contributed by atoms with Crippen LogP contribution in [0, 0.1) is 17.8 Å². The summed E-state index contributed by atoms with van der Waals surface area (Å²) >= 11 is 0. The lowest BCUT2D eigenvalue weighted by molar-refractivity contribution is -0.151. The van der Waals surface area contributed by atoms with Gasteiger partial charge >= 0.3 is 5.97 Å². The minimum atomic E-state index is -0.173. The van der Waals surface area contributed by atoms with E-state index < -0.39 is 0 Å². The highest BCUT2D eigenvalue weighted by atomic mass is 16.5. The molecular weight excluding hydrogens is 278 g/mol. The lowest BCUT2D eigenvalue weighted by atomic mass is 9.93. The van der Waals surface area contributed by atoms with Crippen LogP contribution in [0.3, 0.4) is 0 Å². The van der Waals surface area contributed by atoms with Crippen molar-refractivity contribution in [1.82, 2.24) is 4.90 Å². The summed E-state index contributed by atoms with van der Waals surface area (Å²) in [5.74, 6) is 0.0405. The molecular formula is C18H25NO3. The maximum absolute atomic E-state index is 12.2. The van der Waals surface area contributed by atoms with Crippen LogP contribution in [0.15, 0.2) is 30.3 Å². The first-order valence-electron chi connectivity index (χ1n) is 7.98. The van der Waals surface area contributed by atoms with Crippen LogP contribution in [0.4, 0.5) is 0 Å². The van der Waals surface area contributed by atoms with E-state index in [9.17, 15) is 9.59 Å². The molecule has 1 aliphatic rings. The number of hydrogen-bond acceptors (Lipinski definition) is 3. The van der Waals surface area contributed by atoms with E-state index in [4.69, 9.17) is 4.74 Å². The van der Waals surface area contributed by atoms with E-state index in [1.54, 1.807) is 0 Å². The lowest BCUT2D eigenvalue weighted by Crippen LogP contribution is -2.33. The van der Waals surface area contributed by atoms with Crippen molar-refractivity contribution in [3.05, 3.63) is 35.9 Å². The van der Waals surface area contributed by atoms with Crippen LogP contribution in [0.25, 0.3) is 0 Å². The van der Waals surface area contributed by atoms with Crippen LogP contribution in [0.2, 0.25) is 0 Å². The summed E-state index contributed by atoms with van der Waals surface area (Å²) in [6.45, 7) is 7.45. The molecule has 4 nitrogen and oxygen atoms in total. The Morgan fingerprint density at radius 3 is 2.55 bits per heavy atom. The maximum Gasteiger partial charge on any atom is 0.309 e. The second kappa shape index (κ2) is 7.43. The Balaban J connectivity index is 1.83. The third-order valence-electron chi connectivity index (χ3n) is 4.33. The number of carbonyl (C=O) groups is 2. The molecule has 0 saturated carbocycles. The van der Waals surface area contributed by atoms with E-state index in [2.05, 4.69) is 0 Å². The topological polar surface area (TPSA) is 46.6 Å². The van der Waals surface area contributed by atoms with E-state index in [1.807, 2.05) is 56.0 Å². The van der Waals surface area contributed by atoms with Crippen LogP contribution >= 0.6 is 0 Å². The Hall–Kier alpha value is -1.84. The average molecular weight is 303 g/mol. The molecule has 120 valence electrons. The Labute approximate surface area is 132 Å². The molecule has 0 aromatic heterocycles. The third-order valence-corrected chi connectivity index (χ3v) is 4.33. The van der Waals surface area contributed by atoms with E-state index in [1.165, 1.54) is 0 Å². The molecule has 0 N–H and O–H groups in total. The van der Waals surface area contributed by atoms with Crippen LogP contribution in [0.1, 0.15) is 32.8 Å². The number of carbonyl (C=O) groups excluding carboxylic acids is 2. The van der Waals surface area contributed by atoms with Crippen LogP contribution in [-0.4, -0.2) is 29.9 Å². The molecule has 0 radical (unpaired) electrons. The molecule has 1 fully saturated rings. The van der Waals surface area contributed by atoms with E-state index >= 15 is 0 Å². The zero-order chi connectivity index (χ0) is 16.1. The summed E-state index contributed by atoms with van der Waals surface area (Å²) in [6, 6.07) is 9.68. The fraction of sp³-hybridized carbons (Fsp3) is 0.556. The van der Waals surface area contributed by atoms with Crippen molar-refractivity contribution >= 4 is 11.9 Å². The van der Waals surface area contributed by atoms with Crippen LogP contribution in [-0.2, 0) is 20.9 Å². The van der Waals surface area contributed by atoms with Crippen molar-refractivity contribution in [2.75, 3.05) is 13.1 Å². The molecule has 1 heterocycles. The fourth-order valence-electron chi connectivity index (χ4n) is 2.81. The van der Waals surface area contributed by atoms with Crippen molar-refractivity contribution in [1.29, 1.82) is 0 Å². The number of ether oxygens (including phenoxy) is 1. The second-order valence-corrected chi connectivity index (χ2v) is 6.37. The predicted molar refractivity (Wildman–Crippen MR) is 84.9 cm³/mol. The van der Waals surface area contributed by atoms with Gasteiger partial charge in [0.2, 0.25) is 5.91 Å². The minimum absolute atomic E-state index is 0.0130. The lowest BCUT2D eigenvalue weighted by Gasteiger charge is -2.21. The summed E-state index contributed by atoms with van der Waals surface area (Å²) in [5.41, 5.74) is 0.992. The van der Waals surface area contributed by atoms with E-state index in [0.717, 1.165) is 18.5 Å². The largest absolute Gasteiger partial charge is 0.461 e. The van der Waals surface area contributed by atoms with Gasteiger partial charge in [0.05, 0.1) is 5.92 Å².